The number of carbonyl (C=O) groups excluding carboxylic acids is 2. The molecule has 0 bridgehead atoms. The SMILES string of the molecule is CCCCCCCCCCCCCCCCCCOc1ccc(CCOC(=O)/C(C#N)=C\O)cc1.CCCCCCCCCCCCCCCCCCOc1ccc(CCOC(=O)/C=C(\O)C(F)(F)F)cc1.CCCCCCCCN(CCCCCCCC)c1ccc(/C=C2\CN=[N+]3C2=NN=C3c2ccccc2OC)s1.[Cu]. The maximum atomic E-state index is 12.2. The summed E-state index contributed by atoms with van der Waals surface area (Å²) in [4.78, 5) is 26.7. The first kappa shape index (κ1) is 99.3. The molecule has 3 heterocycles. The van der Waals surface area contributed by atoms with E-state index in [1.54, 1.807) is 13.2 Å². The molecule has 0 atom stereocenters. The molecule has 0 spiro atoms. The van der Waals surface area contributed by atoms with Crippen LogP contribution in [0.5, 0.6) is 17.2 Å². The molecule has 0 fully saturated rings. The van der Waals surface area contributed by atoms with Crippen LogP contribution in [0, 0.1) is 11.3 Å². The van der Waals surface area contributed by atoms with Crippen LogP contribution in [0.2, 0.25) is 0 Å². The molecule has 1 radical (unpaired) electrons. The van der Waals surface area contributed by atoms with Gasteiger partial charge < -0.3 is 38.8 Å². The number of methoxy groups -OCH3 is 1. The van der Waals surface area contributed by atoms with Crippen molar-refractivity contribution in [1.82, 2.24) is 0 Å². The normalized spacial score (nSPS) is 12.8. The average Bonchev–Trinajstić information content (AvgIpc) is 1.62. The van der Waals surface area contributed by atoms with Crippen LogP contribution in [0.4, 0.5) is 18.2 Å². The van der Waals surface area contributed by atoms with E-state index in [1.807, 2.05) is 88.8 Å². The molecule has 4 aromatic rings. The van der Waals surface area contributed by atoms with Gasteiger partial charge in [-0.15, -0.1) is 16.5 Å². The molecule has 15 nitrogen and oxygen atoms in total. The van der Waals surface area contributed by atoms with Gasteiger partial charge in [-0.3, -0.25) is 0 Å². The van der Waals surface area contributed by atoms with Gasteiger partial charge in [-0.2, -0.15) is 18.4 Å². The van der Waals surface area contributed by atoms with Crippen LogP contribution in [0.25, 0.3) is 6.08 Å². The maximum Gasteiger partial charge on any atom is 0.448 e. The second kappa shape index (κ2) is 65.3. The number of amidine groups is 2. The number of para-hydroxylation sites is 1. The summed E-state index contributed by atoms with van der Waals surface area (Å²) in [5.41, 5.74) is 3.49. The third-order valence-corrected chi connectivity index (χ3v) is 21.2. The molecule has 20 heteroatoms. The molecular weight excluding hydrogens is 1490 g/mol. The minimum atomic E-state index is -4.96. The van der Waals surface area contributed by atoms with Gasteiger partial charge in [0.15, 0.2) is 5.57 Å². The number of benzene rings is 3. The van der Waals surface area contributed by atoms with E-state index in [1.165, 1.54) is 280 Å². The summed E-state index contributed by atoms with van der Waals surface area (Å²) >= 11 is 1.89. The number of alkyl halides is 3. The van der Waals surface area contributed by atoms with E-state index in [0.29, 0.717) is 32.3 Å². The molecule has 0 aliphatic carbocycles. The summed E-state index contributed by atoms with van der Waals surface area (Å²) in [5, 5.41) is 41.2. The number of ether oxygens (including phenoxy) is 5. The first-order chi connectivity index (χ1) is 54.3. The Morgan fingerprint density at radius 2 is 0.920 bits per heavy atom. The summed E-state index contributed by atoms with van der Waals surface area (Å²) < 4.78 is 65.2. The molecule has 0 unspecified atom stereocenters. The average molecular weight is 1630 g/mol. The van der Waals surface area contributed by atoms with Crippen molar-refractivity contribution in [2.45, 2.75) is 329 Å². The second-order valence-corrected chi connectivity index (χ2v) is 30.7. The number of thiophene rings is 1. The number of unbranched alkanes of at least 4 members (excludes halogenated alkanes) is 40. The number of aliphatic hydroxyl groups is 2. The summed E-state index contributed by atoms with van der Waals surface area (Å²) in [6.07, 6.45) is 57.9. The van der Waals surface area contributed by atoms with E-state index >= 15 is 0 Å². The topological polar surface area (TPSA) is 188 Å². The third-order valence-electron chi connectivity index (χ3n) is 20.1. The Labute approximate surface area is 687 Å². The summed E-state index contributed by atoms with van der Waals surface area (Å²) in [7, 11) is 1.68. The van der Waals surface area contributed by atoms with Gasteiger partial charge >= 0.3 is 29.8 Å². The van der Waals surface area contributed by atoms with Gasteiger partial charge in [-0.1, -0.05) is 326 Å². The minimum Gasteiger partial charge on any atom is -0.514 e. The predicted molar refractivity (Wildman–Crippen MR) is 451 cm³/mol. The van der Waals surface area contributed by atoms with Crippen LogP contribution in [-0.4, -0.2) is 97.9 Å². The summed E-state index contributed by atoms with van der Waals surface area (Å²) in [6, 6.07) is 29.1. The zero-order chi connectivity index (χ0) is 79.9. The van der Waals surface area contributed by atoms with E-state index in [2.05, 4.69) is 61.0 Å². The fourth-order valence-corrected chi connectivity index (χ4v) is 14.4. The Kier molecular flexibility index (Phi) is 57.9. The van der Waals surface area contributed by atoms with Gasteiger partial charge in [0.2, 0.25) is 5.76 Å². The Balaban J connectivity index is 0.000000434. The largest absolute Gasteiger partial charge is 0.514 e. The molecule has 6 rings (SSSR count). The zero-order valence-electron chi connectivity index (χ0n) is 69.1. The second-order valence-electron chi connectivity index (χ2n) is 29.6. The molecule has 0 saturated carbocycles. The fraction of sp³-hybridized carbons (Fsp3) is 0.641. The number of esters is 2. The predicted octanol–water partition coefficient (Wildman–Crippen LogP) is 26.7. The smallest absolute Gasteiger partial charge is 0.448 e. The van der Waals surface area contributed by atoms with Gasteiger partial charge in [0, 0.05) is 47.9 Å². The van der Waals surface area contributed by atoms with Crippen molar-refractivity contribution >= 4 is 46.0 Å². The van der Waals surface area contributed by atoms with Crippen molar-refractivity contribution in [2.24, 2.45) is 15.3 Å². The van der Waals surface area contributed by atoms with E-state index in [0.717, 1.165) is 83.7 Å². The monoisotopic (exact) mass is 1620 g/mol. The first-order valence-corrected chi connectivity index (χ1v) is 43.9. The molecule has 3 aromatic carbocycles. The Morgan fingerprint density at radius 1 is 0.527 bits per heavy atom. The number of anilines is 1. The molecular formula is C92H140CuF3N6O9S+. The number of hydrogen-bond donors (Lipinski definition) is 2. The van der Waals surface area contributed by atoms with E-state index in [9.17, 15) is 22.8 Å². The molecule has 629 valence electrons. The van der Waals surface area contributed by atoms with Gasteiger partial charge in [-0.05, 0) is 91.4 Å². The van der Waals surface area contributed by atoms with Gasteiger partial charge in [0.05, 0.1) is 66.0 Å². The number of nitrogens with zero attached hydrogens (tertiary/aromatic N) is 6. The third kappa shape index (κ3) is 45.8. The first-order valence-electron chi connectivity index (χ1n) is 43.1. The fourth-order valence-electron chi connectivity index (χ4n) is 13.4. The number of hydrogen-bond acceptors (Lipinski definition) is 15. The number of fused-ring (bicyclic) bond motifs is 1. The van der Waals surface area contributed by atoms with Crippen LogP contribution >= 0.6 is 11.3 Å². The van der Waals surface area contributed by atoms with Crippen molar-refractivity contribution in [3.8, 4) is 23.3 Å². The molecule has 112 heavy (non-hydrogen) atoms. The van der Waals surface area contributed by atoms with Crippen molar-refractivity contribution in [3.63, 3.8) is 0 Å². The Bertz CT molecular complexity index is 3310. The molecule has 2 aliphatic rings. The van der Waals surface area contributed by atoms with Gasteiger partial charge in [0.1, 0.15) is 36.1 Å². The Morgan fingerprint density at radius 3 is 1.32 bits per heavy atom. The van der Waals surface area contributed by atoms with E-state index in [-0.39, 0.29) is 36.4 Å². The molecule has 0 amide bonds. The molecule has 0 saturated heterocycles. The van der Waals surface area contributed by atoms with Gasteiger partial charge in [-0.25, -0.2) is 9.59 Å². The van der Waals surface area contributed by atoms with E-state index < -0.39 is 29.4 Å². The molecule has 2 aliphatic heterocycles. The van der Waals surface area contributed by atoms with Crippen molar-refractivity contribution < 1.29 is 78.4 Å². The zero-order valence-corrected chi connectivity index (χ0v) is 70.8. The van der Waals surface area contributed by atoms with Crippen molar-refractivity contribution in [1.29, 1.82) is 5.26 Å². The van der Waals surface area contributed by atoms with Crippen LogP contribution < -0.4 is 19.1 Å². The number of nitriles is 1. The van der Waals surface area contributed by atoms with Crippen LogP contribution in [0.15, 0.2) is 129 Å². The number of rotatable bonds is 62. The number of allylic oxidation sites excluding steroid dienone is 1. The maximum absolute atomic E-state index is 12.2. The standard InChI is InChI=1S/C32H46N5OS.C30H47F3O4.C30H47NO4.Cu/c1-4-6-8-10-12-16-22-36(23-17-13-11-9-7-5-2)30-21-20-27(39-30)24-26-25-33-37-31(26)34-35-32(37)28-18-14-15-19-29(28)38-3;1-2-3-4-5-6-7-8-9-10-11-12-13-14-15-16-17-23-36-27-20-18-26(19-21-27)22-24-37-29(35)25-28(34)30(31,32)33;1-2-3-4-5-6-7-8-9-10-11-12-13-14-15-16-17-23-34-29-20-18-27(19-21-29)22-24-35-30(33)28(25-31)26-32;/h14-15,18-21,24H,4-13,16-17,22-23,25H2,1-3H3;18-21,25,34H,2-17,22-24H2,1H3;18-21,26,32H,2-17,22-24H2,1H3;/q+1;;;/b26-24+;28-25-;28-26-;. The van der Waals surface area contributed by atoms with Crippen molar-refractivity contribution in [2.75, 3.05) is 58.1 Å². The quantitative estimate of drug-likeness (QED) is 0.00814. The molecule has 2 N–H and O–H groups in total. The summed E-state index contributed by atoms with van der Waals surface area (Å²) in [6.45, 7) is 13.5. The van der Waals surface area contributed by atoms with Crippen LogP contribution in [0.1, 0.15) is 332 Å². The summed E-state index contributed by atoms with van der Waals surface area (Å²) in [5.74, 6) is -0.0743. The van der Waals surface area contributed by atoms with Crippen molar-refractivity contribution in [3.05, 3.63) is 136 Å². The Hall–Kier alpha value is -6.94. The minimum absolute atomic E-state index is 0. The molecule has 1 aromatic heterocycles. The number of aliphatic hydroxyl groups excluding tert-OH is 2. The van der Waals surface area contributed by atoms with Crippen LogP contribution in [0.3, 0.4) is 0 Å². The number of azo groups is 2. The van der Waals surface area contributed by atoms with Crippen LogP contribution in [-0.2, 0) is 49.0 Å². The van der Waals surface area contributed by atoms with E-state index in [4.69, 9.17) is 44.3 Å². The number of halogens is 3. The number of carbonyl (C=O) groups is 2. The van der Waals surface area contributed by atoms with Gasteiger partial charge in [0.25, 0.3) is 0 Å².